The van der Waals surface area contributed by atoms with Gasteiger partial charge < -0.3 is 9.47 Å². The Bertz CT molecular complexity index is 456. The second-order valence-corrected chi connectivity index (χ2v) is 9.71. The molecule has 0 spiro atoms. The maximum Gasteiger partial charge on any atom is 0.508 e. The Labute approximate surface area is 213 Å². The van der Waals surface area contributed by atoms with Gasteiger partial charge in [-0.15, -0.1) is 0 Å². The summed E-state index contributed by atoms with van der Waals surface area (Å²) in [5.74, 6) is 0. The molecule has 0 saturated carbocycles. The second kappa shape index (κ2) is 29.8. The van der Waals surface area contributed by atoms with Gasteiger partial charge in [0, 0.05) is 0 Å². The molecule has 0 atom stereocenters. The molecule has 0 aromatic rings. The lowest BCUT2D eigenvalue weighted by Gasteiger charge is -2.06. The van der Waals surface area contributed by atoms with E-state index in [2.05, 4.69) is 38.2 Å². The number of hydrogen-bond acceptors (Lipinski definition) is 3. The van der Waals surface area contributed by atoms with E-state index in [0.29, 0.717) is 13.2 Å². The van der Waals surface area contributed by atoms with Crippen molar-refractivity contribution in [2.24, 2.45) is 0 Å². The summed E-state index contributed by atoms with van der Waals surface area (Å²) in [5, 5.41) is 0. The maximum atomic E-state index is 11.6. The lowest BCUT2D eigenvalue weighted by Crippen LogP contribution is -2.09. The van der Waals surface area contributed by atoms with Crippen LogP contribution in [0.3, 0.4) is 0 Å². The highest BCUT2D eigenvalue weighted by molar-refractivity contribution is 5.59. The van der Waals surface area contributed by atoms with Gasteiger partial charge in [-0.05, 0) is 44.9 Å². The first-order valence-corrected chi connectivity index (χ1v) is 14.9. The van der Waals surface area contributed by atoms with Crippen LogP contribution in [0, 0.1) is 0 Å². The smallest absolute Gasteiger partial charge is 0.434 e. The van der Waals surface area contributed by atoms with E-state index in [1.54, 1.807) is 0 Å². The predicted molar refractivity (Wildman–Crippen MR) is 149 cm³/mol. The van der Waals surface area contributed by atoms with Crippen LogP contribution in [0.4, 0.5) is 4.79 Å². The van der Waals surface area contributed by atoms with Gasteiger partial charge in [0.05, 0.1) is 13.2 Å². The summed E-state index contributed by atoms with van der Waals surface area (Å²) < 4.78 is 10.3. The minimum absolute atomic E-state index is 0.487. The summed E-state index contributed by atoms with van der Waals surface area (Å²) in [6, 6.07) is 0. The molecule has 0 rings (SSSR count). The first-order valence-electron chi connectivity index (χ1n) is 14.9. The van der Waals surface area contributed by atoms with Crippen LogP contribution in [0.15, 0.2) is 24.3 Å². The first kappa shape index (κ1) is 32.8. The van der Waals surface area contributed by atoms with Gasteiger partial charge in [0.25, 0.3) is 0 Å². The number of hydrogen-bond donors (Lipinski definition) is 0. The summed E-state index contributed by atoms with van der Waals surface area (Å²) in [4.78, 5) is 11.6. The lowest BCUT2D eigenvalue weighted by molar-refractivity contribution is 0.0529. The van der Waals surface area contributed by atoms with Crippen molar-refractivity contribution in [2.75, 3.05) is 13.2 Å². The summed E-state index contributed by atoms with van der Waals surface area (Å²) in [5.41, 5.74) is 0. The van der Waals surface area contributed by atoms with Crippen LogP contribution in [0.25, 0.3) is 0 Å². The molecule has 0 saturated heterocycles. The molecule has 3 heteroatoms. The van der Waals surface area contributed by atoms with E-state index in [9.17, 15) is 4.79 Å². The molecule has 0 fully saturated rings. The Morgan fingerprint density at radius 2 is 0.824 bits per heavy atom. The third kappa shape index (κ3) is 28.8. The summed E-state index contributed by atoms with van der Waals surface area (Å²) in [6.07, 6.45) is 36.2. The second-order valence-electron chi connectivity index (χ2n) is 9.71. The minimum Gasteiger partial charge on any atom is -0.434 e. The predicted octanol–water partition coefficient (Wildman–Crippen LogP) is 10.9. The van der Waals surface area contributed by atoms with Crippen LogP contribution in [0.5, 0.6) is 0 Å². The van der Waals surface area contributed by atoms with Gasteiger partial charge in [-0.3, -0.25) is 0 Å². The molecule has 200 valence electrons. The van der Waals surface area contributed by atoms with Crippen LogP contribution in [0.2, 0.25) is 0 Å². The molecule has 0 aliphatic heterocycles. The highest BCUT2D eigenvalue weighted by Gasteiger charge is 2.03. The summed E-state index contributed by atoms with van der Waals surface area (Å²) in [6.45, 7) is 5.50. The summed E-state index contributed by atoms with van der Waals surface area (Å²) >= 11 is 0. The van der Waals surface area contributed by atoms with Crippen molar-refractivity contribution in [1.29, 1.82) is 0 Å². The van der Waals surface area contributed by atoms with Crippen molar-refractivity contribution in [1.82, 2.24) is 0 Å². The number of allylic oxidation sites excluding steroid dienone is 4. The molecule has 0 amide bonds. The molecule has 0 radical (unpaired) electrons. The normalized spacial score (nSPS) is 11.6. The zero-order valence-corrected chi connectivity index (χ0v) is 23.0. The standard InChI is InChI=1S/C31H58O3/c1-3-5-7-9-11-13-15-16-17-18-19-20-22-24-26-28-30-34-31(32)33-29-27-25-23-21-14-12-10-8-6-4-2/h11,13,16-17H,3-10,12,14-15,18-30H2,1-2H3/b13-11-,17-16-. The minimum atomic E-state index is -0.487. The van der Waals surface area contributed by atoms with Crippen LogP contribution in [0.1, 0.15) is 155 Å². The third-order valence-corrected chi connectivity index (χ3v) is 6.28. The Morgan fingerprint density at radius 3 is 1.29 bits per heavy atom. The largest absolute Gasteiger partial charge is 0.508 e. The molecule has 0 aromatic carbocycles. The fourth-order valence-corrected chi connectivity index (χ4v) is 4.03. The van der Waals surface area contributed by atoms with Gasteiger partial charge >= 0.3 is 6.16 Å². The molecule has 0 heterocycles. The van der Waals surface area contributed by atoms with Crippen LogP contribution >= 0.6 is 0 Å². The lowest BCUT2D eigenvalue weighted by atomic mass is 10.1. The SMILES string of the molecule is CCCCC/C=C\C/C=C\CCCCCCCCOC(=O)OCCCCCCCCCCCC. The van der Waals surface area contributed by atoms with E-state index in [1.807, 2.05) is 0 Å². The monoisotopic (exact) mass is 478 g/mol. The molecule has 0 bridgehead atoms. The van der Waals surface area contributed by atoms with E-state index in [1.165, 1.54) is 109 Å². The van der Waals surface area contributed by atoms with Gasteiger partial charge in [0.15, 0.2) is 0 Å². The van der Waals surface area contributed by atoms with E-state index in [-0.39, 0.29) is 0 Å². The summed E-state index contributed by atoms with van der Waals surface area (Å²) in [7, 11) is 0. The Hall–Kier alpha value is -1.25. The molecule has 0 aromatic heterocycles. The van der Waals surface area contributed by atoms with E-state index < -0.39 is 6.16 Å². The Balaban J connectivity index is 3.23. The molecular formula is C31H58O3. The quantitative estimate of drug-likeness (QED) is 0.0704. The fourth-order valence-electron chi connectivity index (χ4n) is 4.03. The fraction of sp³-hybridized carbons (Fsp3) is 0.839. The number of carbonyl (C=O) groups excluding carboxylic acids is 1. The number of ether oxygens (including phenoxy) is 2. The van der Waals surface area contributed by atoms with E-state index in [0.717, 1.165) is 32.1 Å². The Morgan fingerprint density at radius 1 is 0.471 bits per heavy atom. The van der Waals surface area contributed by atoms with Crippen molar-refractivity contribution in [2.45, 2.75) is 155 Å². The highest BCUT2D eigenvalue weighted by Crippen LogP contribution is 2.11. The van der Waals surface area contributed by atoms with Crippen molar-refractivity contribution < 1.29 is 14.3 Å². The van der Waals surface area contributed by atoms with E-state index in [4.69, 9.17) is 9.47 Å². The van der Waals surface area contributed by atoms with Crippen LogP contribution < -0.4 is 0 Å². The Kier molecular flexibility index (Phi) is 28.7. The molecule has 34 heavy (non-hydrogen) atoms. The van der Waals surface area contributed by atoms with Crippen LogP contribution in [-0.4, -0.2) is 19.4 Å². The molecule has 0 aliphatic carbocycles. The zero-order valence-electron chi connectivity index (χ0n) is 23.0. The van der Waals surface area contributed by atoms with Gasteiger partial charge in [0.1, 0.15) is 0 Å². The maximum absolute atomic E-state index is 11.6. The van der Waals surface area contributed by atoms with Crippen LogP contribution in [-0.2, 0) is 9.47 Å². The van der Waals surface area contributed by atoms with Crippen molar-refractivity contribution >= 4 is 6.16 Å². The topological polar surface area (TPSA) is 35.5 Å². The van der Waals surface area contributed by atoms with Gasteiger partial charge in [-0.25, -0.2) is 4.79 Å². The van der Waals surface area contributed by atoms with Gasteiger partial charge in [0.2, 0.25) is 0 Å². The molecule has 0 aliphatic rings. The van der Waals surface area contributed by atoms with E-state index >= 15 is 0 Å². The first-order chi connectivity index (χ1) is 16.8. The van der Waals surface area contributed by atoms with Crippen molar-refractivity contribution in [3.63, 3.8) is 0 Å². The van der Waals surface area contributed by atoms with Crippen molar-refractivity contribution in [3.05, 3.63) is 24.3 Å². The molecular weight excluding hydrogens is 420 g/mol. The number of carbonyl (C=O) groups is 1. The van der Waals surface area contributed by atoms with Gasteiger partial charge in [-0.2, -0.15) is 0 Å². The van der Waals surface area contributed by atoms with Gasteiger partial charge in [-0.1, -0.05) is 134 Å². The highest BCUT2D eigenvalue weighted by atomic mass is 16.7. The number of unbranched alkanes of at least 4 members (excludes halogenated alkanes) is 18. The van der Waals surface area contributed by atoms with Crippen molar-refractivity contribution in [3.8, 4) is 0 Å². The average molecular weight is 479 g/mol. The molecule has 0 N–H and O–H groups in total. The third-order valence-electron chi connectivity index (χ3n) is 6.28. The number of rotatable bonds is 26. The molecule has 3 nitrogen and oxygen atoms in total. The average Bonchev–Trinajstić information content (AvgIpc) is 2.84. The molecule has 0 unspecified atom stereocenters. The zero-order chi connectivity index (χ0) is 24.8.